The second kappa shape index (κ2) is 7.25. The third-order valence-corrected chi connectivity index (χ3v) is 4.81. The van der Waals surface area contributed by atoms with Gasteiger partial charge in [-0.1, -0.05) is 48.0 Å². The highest BCUT2D eigenvalue weighted by atomic mass is 16.5. The fourth-order valence-electron chi connectivity index (χ4n) is 3.53. The van der Waals surface area contributed by atoms with Crippen LogP contribution in [0.15, 0.2) is 54.7 Å². The lowest BCUT2D eigenvalue weighted by atomic mass is 9.75. The number of hydrogen-bond donors (Lipinski definition) is 2. The van der Waals surface area contributed by atoms with Gasteiger partial charge in [0.1, 0.15) is 0 Å². The lowest BCUT2D eigenvalue weighted by Crippen LogP contribution is -2.60. The summed E-state index contributed by atoms with van der Waals surface area (Å²) in [6, 6.07) is 15.2. The number of nitrogens with two attached hydrogens (primary N) is 1. The maximum absolute atomic E-state index is 12.7. The molecule has 0 saturated heterocycles. The van der Waals surface area contributed by atoms with E-state index in [2.05, 4.69) is 4.98 Å². The quantitative estimate of drug-likeness (QED) is 0.535. The van der Waals surface area contributed by atoms with Crippen LogP contribution in [0.3, 0.4) is 0 Å². The predicted molar refractivity (Wildman–Crippen MR) is 102 cm³/mol. The van der Waals surface area contributed by atoms with Gasteiger partial charge in [-0.25, -0.2) is 9.59 Å². The first-order valence-corrected chi connectivity index (χ1v) is 8.51. The Morgan fingerprint density at radius 2 is 1.70 bits per heavy atom. The Balaban J connectivity index is 2.33. The van der Waals surface area contributed by atoms with E-state index in [9.17, 15) is 9.59 Å². The number of H-pyrrole nitrogens is 1. The number of nitrogens with one attached hydrogen (secondary N) is 1. The lowest BCUT2D eigenvalue weighted by molar-refractivity contribution is -0.162. The smallest absolute Gasteiger partial charge is 0.338 e. The summed E-state index contributed by atoms with van der Waals surface area (Å²) in [4.78, 5) is 28.6. The average molecular weight is 366 g/mol. The standard InChI is InChI=1S/C21H22N2O4/c1-13-7-6-8-14(11-13)18(21(22,19(24)26-2)20(25)27-3)16-12-23-17-10-5-4-9-15(16)17/h4-12,18,23H,22H2,1-3H3/t18-/m0/s1. The number of ether oxygens (including phenoxy) is 2. The predicted octanol–water partition coefficient (Wildman–Crippen LogP) is 2.65. The number of aromatic amines is 1. The van der Waals surface area contributed by atoms with Gasteiger partial charge in [-0.05, 0) is 24.1 Å². The highest BCUT2D eigenvalue weighted by molar-refractivity contribution is 6.07. The van der Waals surface area contributed by atoms with Crippen molar-refractivity contribution in [2.24, 2.45) is 5.73 Å². The molecule has 0 bridgehead atoms. The zero-order valence-electron chi connectivity index (χ0n) is 15.5. The topological polar surface area (TPSA) is 94.4 Å². The number of benzene rings is 2. The second-order valence-electron chi connectivity index (χ2n) is 6.49. The summed E-state index contributed by atoms with van der Waals surface area (Å²) < 4.78 is 9.81. The first kappa shape index (κ1) is 18.7. The molecule has 3 aromatic rings. The van der Waals surface area contributed by atoms with Crippen LogP contribution in [0, 0.1) is 6.92 Å². The van der Waals surface area contributed by atoms with Gasteiger partial charge in [0.05, 0.1) is 20.1 Å². The van der Waals surface area contributed by atoms with Gasteiger partial charge in [-0.3, -0.25) is 0 Å². The Kier molecular flexibility index (Phi) is 5.01. The maximum atomic E-state index is 12.7. The lowest BCUT2D eigenvalue weighted by Gasteiger charge is -2.32. The molecule has 0 aliphatic carbocycles. The minimum atomic E-state index is -2.04. The highest BCUT2D eigenvalue weighted by Crippen LogP contribution is 2.39. The molecule has 1 heterocycles. The fourth-order valence-corrected chi connectivity index (χ4v) is 3.53. The van der Waals surface area contributed by atoms with Crippen LogP contribution in [0.1, 0.15) is 22.6 Å². The minimum Gasteiger partial charge on any atom is -0.467 e. The first-order chi connectivity index (χ1) is 12.9. The van der Waals surface area contributed by atoms with Gasteiger partial charge in [0, 0.05) is 17.1 Å². The van der Waals surface area contributed by atoms with Crippen LogP contribution in [-0.4, -0.2) is 36.7 Å². The zero-order chi connectivity index (χ0) is 19.6. The number of aryl methyl sites for hydroxylation is 1. The number of aromatic nitrogens is 1. The van der Waals surface area contributed by atoms with Gasteiger partial charge in [-0.15, -0.1) is 0 Å². The van der Waals surface area contributed by atoms with Crippen molar-refractivity contribution in [1.82, 2.24) is 4.98 Å². The molecule has 0 radical (unpaired) electrons. The molecular weight excluding hydrogens is 344 g/mol. The fraction of sp³-hybridized carbons (Fsp3) is 0.238. The summed E-state index contributed by atoms with van der Waals surface area (Å²) in [6.07, 6.45) is 1.77. The molecule has 6 heteroatoms. The molecule has 1 aromatic heterocycles. The van der Waals surface area contributed by atoms with E-state index in [4.69, 9.17) is 15.2 Å². The van der Waals surface area contributed by atoms with Crippen LogP contribution < -0.4 is 5.73 Å². The molecular formula is C21H22N2O4. The number of carbonyl (C=O) groups excluding carboxylic acids is 2. The summed E-state index contributed by atoms with van der Waals surface area (Å²) >= 11 is 0. The molecule has 0 saturated carbocycles. The monoisotopic (exact) mass is 366 g/mol. The SMILES string of the molecule is COC(=O)C(N)(C(=O)OC)[C@@H](c1cccc(C)c1)c1c[nH]c2ccccc12. The van der Waals surface area contributed by atoms with Crippen molar-refractivity contribution >= 4 is 22.8 Å². The molecule has 0 amide bonds. The number of para-hydroxylation sites is 1. The van der Waals surface area contributed by atoms with Crippen LogP contribution in [-0.2, 0) is 19.1 Å². The van der Waals surface area contributed by atoms with Gasteiger partial charge in [0.15, 0.2) is 0 Å². The molecule has 0 spiro atoms. The first-order valence-electron chi connectivity index (χ1n) is 8.51. The third kappa shape index (κ3) is 3.08. The van der Waals surface area contributed by atoms with Crippen molar-refractivity contribution in [3.8, 4) is 0 Å². The minimum absolute atomic E-state index is 0.717. The number of methoxy groups -OCH3 is 2. The van der Waals surface area contributed by atoms with Gasteiger partial charge < -0.3 is 20.2 Å². The molecule has 3 N–H and O–H groups in total. The van der Waals surface area contributed by atoms with Crippen molar-refractivity contribution < 1.29 is 19.1 Å². The van der Waals surface area contributed by atoms with Crippen LogP contribution in [0.4, 0.5) is 0 Å². The number of carbonyl (C=O) groups is 2. The molecule has 0 aliphatic heterocycles. The number of esters is 2. The van der Waals surface area contributed by atoms with Crippen molar-refractivity contribution in [2.75, 3.05) is 14.2 Å². The number of rotatable bonds is 5. The molecule has 27 heavy (non-hydrogen) atoms. The van der Waals surface area contributed by atoms with Gasteiger partial charge in [0.25, 0.3) is 0 Å². The number of fused-ring (bicyclic) bond motifs is 1. The van der Waals surface area contributed by atoms with Crippen molar-refractivity contribution in [2.45, 2.75) is 18.4 Å². The largest absolute Gasteiger partial charge is 0.467 e. The molecule has 6 nitrogen and oxygen atoms in total. The van der Waals surface area contributed by atoms with E-state index in [1.807, 2.05) is 55.5 Å². The van der Waals surface area contributed by atoms with E-state index >= 15 is 0 Å². The van der Waals surface area contributed by atoms with E-state index in [1.165, 1.54) is 14.2 Å². The van der Waals surface area contributed by atoms with Crippen molar-refractivity contribution in [3.63, 3.8) is 0 Å². The summed E-state index contributed by atoms with van der Waals surface area (Å²) in [5.74, 6) is -2.51. The normalized spacial score (nSPS) is 12.6. The third-order valence-electron chi connectivity index (χ3n) is 4.81. The molecule has 0 aliphatic rings. The van der Waals surface area contributed by atoms with E-state index in [0.717, 1.165) is 27.6 Å². The van der Waals surface area contributed by atoms with Crippen LogP contribution in [0.5, 0.6) is 0 Å². The molecule has 3 rings (SSSR count). The molecule has 0 unspecified atom stereocenters. The summed E-state index contributed by atoms with van der Waals surface area (Å²) in [5, 5.41) is 0.867. The summed E-state index contributed by atoms with van der Waals surface area (Å²) in [5.41, 5.74) is 7.71. The molecule has 140 valence electrons. The van der Waals surface area contributed by atoms with Crippen LogP contribution in [0.2, 0.25) is 0 Å². The Labute approximate surface area is 157 Å². The summed E-state index contributed by atoms with van der Waals surface area (Å²) in [7, 11) is 2.41. The second-order valence-corrected chi connectivity index (χ2v) is 6.49. The van der Waals surface area contributed by atoms with E-state index in [0.29, 0.717) is 0 Å². The molecule has 1 atom stereocenters. The van der Waals surface area contributed by atoms with Crippen molar-refractivity contribution in [3.05, 3.63) is 71.4 Å². The molecule has 0 fully saturated rings. The zero-order valence-corrected chi connectivity index (χ0v) is 15.5. The van der Waals surface area contributed by atoms with Crippen LogP contribution in [0.25, 0.3) is 10.9 Å². The average Bonchev–Trinajstić information content (AvgIpc) is 3.10. The highest BCUT2D eigenvalue weighted by Gasteiger charge is 2.53. The Morgan fingerprint density at radius 1 is 1.04 bits per heavy atom. The van der Waals surface area contributed by atoms with E-state index in [-0.39, 0.29) is 0 Å². The van der Waals surface area contributed by atoms with Gasteiger partial charge >= 0.3 is 11.9 Å². The van der Waals surface area contributed by atoms with E-state index in [1.54, 1.807) is 6.20 Å². The number of hydrogen-bond acceptors (Lipinski definition) is 5. The van der Waals surface area contributed by atoms with Crippen LogP contribution >= 0.6 is 0 Å². The Morgan fingerprint density at radius 3 is 2.33 bits per heavy atom. The Bertz CT molecular complexity index is 977. The van der Waals surface area contributed by atoms with Gasteiger partial charge in [-0.2, -0.15) is 0 Å². The molecule has 2 aromatic carbocycles. The maximum Gasteiger partial charge on any atom is 0.338 e. The van der Waals surface area contributed by atoms with Crippen molar-refractivity contribution in [1.29, 1.82) is 0 Å². The summed E-state index contributed by atoms with van der Waals surface area (Å²) in [6.45, 7) is 1.93. The van der Waals surface area contributed by atoms with Gasteiger partial charge in [0.2, 0.25) is 5.54 Å². The van der Waals surface area contributed by atoms with E-state index < -0.39 is 23.4 Å². The Hall–Kier alpha value is -3.12.